The van der Waals surface area contributed by atoms with Crippen LogP contribution in [0.15, 0.2) is 12.3 Å². The van der Waals surface area contributed by atoms with E-state index >= 15 is 0 Å². The van der Waals surface area contributed by atoms with Gasteiger partial charge in [-0.15, -0.1) is 0 Å². The van der Waals surface area contributed by atoms with Crippen LogP contribution in [0, 0.1) is 5.92 Å². The Balaban J connectivity index is 2.27. The lowest BCUT2D eigenvalue weighted by atomic mass is 10.2. The van der Waals surface area contributed by atoms with Gasteiger partial charge >= 0.3 is 0 Å². The molecule has 0 fully saturated rings. The topological polar surface area (TPSA) is 29.9 Å². The number of hydrogen-bond acceptors (Lipinski definition) is 2. The Kier molecular flexibility index (Phi) is 6.94. The second-order valence-corrected chi connectivity index (χ2v) is 5.13. The van der Waals surface area contributed by atoms with Crippen LogP contribution in [0.1, 0.15) is 52.1 Å². The summed E-state index contributed by atoms with van der Waals surface area (Å²) in [5, 5.41) is 7.86. The number of aryl methyl sites for hydroxylation is 1. The van der Waals surface area contributed by atoms with Crippen LogP contribution in [0.25, 0.3) is 0 Å². The minimum atomic E-state index is 0.705. The molecule has 0 aliphatic heterocycles. The molecule has 1 rings (SSSR count). The summed E-state index contributed by atoms with van der Waals surface area (Å²) in [6.07, 6.45) is 7.10. The molecule has 3 nitrogen and oxygen atoms in total. The van der Waals surface area contributed by atoms with Crippen LogP contribution in [-0.2, 0) is 13.1 Å². The maximum atomic E-state index is 4.39. The first-order chi connectivity index (χ1) is 8.24. The van der Waals surface area contributed by atoms with Crippen molar-refractivity contribution in [1.29, 1.82) is 0 Å². The van der Waals surface area contributed by atoms with E-state index in [1.807, 2.05) is 6.20 Å². The van der Waals surface area contributed by atoms with E-state index in [9.17, 15) is 0 Å². The number of nitrogens with zero attached hydrogens (tertiary/aromatic N) is 2. The quantitative estimate of drug-likeness (QED) is 0.668. The molecule has 0 aromatic carbocycles. The number of hydrogen-bond donors (Lipinski definition) is 1. The van der Waals surface area contributed by atoms with Gasteiger partial charge in [-0.3, -0.25) is 4.68 Å². The Bertz CT molecular complexity index is 291. The lowest BCUT2D eigenvalue weighted by Gasteiger charge is -2.10. The standard InChI is InChI=1S/C14H27N3/c1-4-5-6-7-10-17-14(8-9-16-17)12-15-11-13(2)3/h8-9,13,15H,4-7,10-12H2,1-3H3. The van der Waals surface area contributed by atoms with Crippen molar-refractivity contribution in [2.45, 2.75) is 59.5 Å². The van der Waals surface area contributed by atoms with Gasteiger partial charge in [0.05, 0.1) is 5.69 Å². The van der Waals surface area contributed by atoms with Gasteiger partial charge in [-0.25, -0.2) is 0 Å². The highest BCUT2D eigenvalue weighted by molar-refractivity contribution is 4.99. The fourth-order valence-corrected chi connectivity index (χ4v) is 1.89. The number of nitrogens with one attached hydrogen (secondary N) is 1. The zero-order valence-corrected chi connectivity index (χ0v) is 11.6. The molecule has 0 spiro atoms. The van der Waals surface area contributed by atoms with Gasteiger partial charge in [0.15, 0.2) is 0 Å². The summed E-state index contributed by atoms with van der Waals surface area (Å²) < 4.78 is 2.14. The maximum Gasteiger partial charge on any atom is 0.0522 e. The van der Waals surface area contributed by atoms with Crippen molar-refractivity contribution in [2.24, 2.45) is 5.92 Å². The molecule has 0 radical (unpaired) electrons. The fraction of sp³-hybridized carbons (Fsp3) is 0.786. The Morgan fingerprint density at radius 2 is 2.12 bits per heavy atom. The van der Waals surface area contributed by atoms with Crippen LogP contribution in [0.2, 0.25) is 0 Å². The van der Waals surface area contributed by atoms with Crippen LogP contribution in [0.4, 0.5) is 0 Å². The van der Waals surface area contributed by atoms with Crippen LogP contribution in [0.5, 0.6) is 0 Å². The summed E-state index contributed by atoms with van der Waals surface area (Å²) >= 11 is 0. The smallest absolute Gasteiger partial charge is 0.0522 e. The summed E-state index contributed by atoms with van der Waals surface area (Å²) in [6.45, 7) is 9.78. The van der Waals surface area contributed by atoms with E-state index in [0.29, 0.717) is 5.92 Å². The van der Waals surface area contributed by atoms with Crippen molar-refractivity contribution in [2.75, 3.05) is 6.54 Å². The molecular weight excluding hydrogens is 210 g/mol. The highest BCUT2D eigenvalue weighted by Crippen LogP contribution is 2.05. The second-order valence-electron chi connectivity index (χ2n) is 5.13. The molecule has 3 heteroatoms. The largest absolute Gasteiger partial charge is 0.311 e. The Labute approximate surface area is 106 Å². The Morgan fingerprint density at radius 3 is 2.82 bits per heavy atom. The molecule has 0 aliphatic rings. The van der Waals surface area contributed by atoms with Gasteiger partial charge < -0.3 is 5.32 Å². The van der Waals surface area contributed by atoms with Gasteiger partial charge in [-0.2, -0.15) is 5.10 Å². The molecule has 0 atom stereocenters. The van der Waals surface area contributed by atoms with Crippen molar-refractivity contribution in [3.63, 3.8) is 0 Å². The summed E-state index contributed by atoms with van der Waals surface area (Å²) in [7, 11) is 0. The van der Waals surface area contributed by atoms with Gasteiger partial charge in [-0.05, 0) is 24.9 Å². The van der Waals surface area contributed by atoms with E-state index in [1.165, 1.54) is 31.4 Å². The lowest BCUT2D eigenvalue weighted by molar-refractivity contribution is 0.496. The number of rotatable bonds is 9. The maximum absolute atomic E-state index is 4.39. The Morgan fingerprint density at radius 1 is 1.29 bits per heavy atom. The van der Waals surface area contributed by atoms with Crippen molar-refractivity contribution in [1.82, 2.24) is 15.1 Å². The predicted molar refractivity (Wildman–Crippen MR) is 72.9 cm³/mol. The molecular formula is C14H27N3. The van der Waals surface area contributed by atoms with E-state index in [2.05, 4.69) is 41.9 Å². The van der Waals surface area contributed by atoms with Crippen LogP contribution < -0.4 is 5.32 Å². The summed E-state index contributed by atoms with van der Waals surface area (Å²) in [5.74, 6) is 0.705. The molecule has 0 saturated heterocycles. The molecule has 1 aromatic heterocycles. The highest BCUT2D eigenvalue weighted by Gasteiger charge is 2.02. The zero-order valence-electron chi connectivity index (χ0n) is 11.6. The third-order valence-corrected chi connectivity index (χ3v) is 2.89. The average molecular weight is 237 g/mol. The number of unbranched alkanes of at least 4 members (excludes halogenated alkanes) is 3. The molecule has 0 bridgehead atoms. The fourth-order valence-electron chi connectivity index (χ4n) is 1.89. The zero-order chi connectivity index (χ0) is 12.5. The molecule has 0 unspecified atom stereocenters. The number of aromatic nitrogens is 2. The van der Waals surface area contributed by atoms with Crippen LogP contribution in [0.3, 0.4) is 0 Å². The molecule has 1 heterocycles. The van der Waals surface area contributed by atoms with Crippen molar-refractivity contribution in [3.8, 4) is 0 Å². The third kappa shape index (κ3) is 5.87. The molecule has 0 amide bonds. The molecule has 1 N–H and O–H groups in total. The van der Waals surface area contributed by atoms with Crippen molar-refractivity contribution in [3.05, 3.63) is 18.0 Å². The van der Waals surface area contributed by atoms with Crippen LogP contribution >= 0.6 is 0 Å². The van der Waals surface area contributed by atoms with Gasteiger partial charge in [-0.1, -0.05) is 40.0 Å². The van der Waals surface area contributed by atoms with Crippen molar-refractivity contribution >= 4 is 0 Å². The van der Waals surface area contributed by atoms with Crippen LogP contribution in [-0.4, -0.2) is 16.3 Å². The lowest BCUT2D eigenvalue weighted by Crippen LogP contribution is -2.21. The first-order valence-electron chi connectivity index (χ1n) is 6.95. The third-order valence-electron chi connectivity index (χ3n) is 2.89. The minimum Gasteiger partial charge on any atom is -0.311 e. The van der Waals surface area contributed by atoms with E-state index in [1.54, 1.807) is 0 Å². The monoisotopic (exact) mass is 237 g/mol. The summed E-state index contributed by atoms with van der Waals surface area (Å²) in [4.78, 5) is 0. The van der Waals surface area contributed by atoms with E-state index in [0.717, 1.165) is 19.6 Å². The Hall–Kier alpha value is -0.830. The van der Waals surface area contributed by atoms with E-state index in [-0.39, 0.29) is 0 Å². The predicted octanol–water partition coefficient (Wildman–Crippen LogP) is 3.21. The minimum absolute atomic E-state index is 0.705. The van der Waals surface area contributed by atoms with Gasteiger partial charge in [0.2, 0.25) is 0 Å². The second kappa shape index (κ2) is 8.29. The summed E-state index contributed by atoms with van der Waals surface area (Å²) in [6, 6.07) is 2.12. The van der Waals surface area contributed by atoms with Gasteiger partial charge in [0.1, 0.15) is 0 Å². The van der Waals surface area contributed by atoms with E-state index in [4.69, 9.17) is 0 Å². The molecule has 0 saturated carbocycles. The first kappa shape index (κ1) is 14.2. The SMILES string of the molecule is CCCCCCn1nccc1CNCC(C)C. The highest BCUT2D eigenvalue weighted by atomic mass is 15.3. The average Bonchev–Trinajstić information content (AvgIpc) is 2.72. The molecule has 1 aromatic rings. The van der Waals surface area contributed by atoms with Gasteiger partial charge in [0.25, 0.3) is 0 Å². The molecule has 17 heavy (non-hydrogen) atoms. The van der Waals surface area contributed by atoms with Gasteiger partial charge in [0, 0.05) is 19.3 Å². The first-order valence-corrected chi connectivity index (χ1v) is 6.95. The molecule has 0 aliphatic carbocycles. The summed E-state index contributed by atoms with van der Waals surface area (Å²) in [5.41, 5.74) is 1.31. The normalized spacial score (nSPS) is 11.3. The van der Waals surface area contributed by atoms with Crippen molar-refractivity contribution < 1.29 is 0 Å². The van der Waals surface area contributed by atoms with E-state index < -0.39 is 0 Å². The molecule has 98 valence electrons.